The van der Waals surface area contributed by atoms with E-state index >= 15 is 0 Å². The molecule has 0 saturated heterocycles. The molecule has 0 aliphatic heterocycles. The van der Waals surface area contributed by atoms with Gasteiger partial charge in [-0.1, -0.05) is 24.3 Å². The molecule has 0 unspecified atom stereocenters. The lowest BCUT2D eigenvalue weighted by Crippen LogP contribution is -1.95. The van der Waals surface area contributed by atoms with E-state index in [2.05, 4.69) is 10.8 Å². The third-order valence-corrected chi connectivity index (χ3v) is 3.20. The van der Waals surface area contributed by atoms with E-state index in [4.69, 9.17) is 10.00 Å². The first-order chi connectivity index (χ1) is 10.7. The second-order valence-corrected chi connectivity index (χ2v) is 4.47. The number of nitriles is 1. The Bertz CT molecular complexity index is 740. The van der Waals surface area contributed by atoms with Gasteiger partial charge in [-0.15, -0.1) is 0 Å². The average Bonchev–Trinajstić information content (AvgIpc) is 2.59. The van der Waals surface area contributed by atoms with Crippen molar-refractivity contribution in [3.63, 3.8) is 0 Å². The summed E-state index contributed by atoms with van der Waals surface area (Å²) in [7, 11) is 2.91. The minimum absolute atomic E-state index is 0.434. The zero-order chi connectivity index (χ0) is 15.9. The molecule has 2 aromatic rings. The fourth-order valence-corrected chi connectivity index (χ4v) is 2.09. The maximum absolute atomic E-state index is 11.3. The Morgan fingerprint density at radius 2 is 1.86 bits per heavy atom. The van der Waals surface area contributed by atoms with Crippen LogP contribution < -0.4 is 4.74 Å². The van der Waals surface area contributed by atoms with Crippen LogP contribution in [0.1, 0.15) is 11.1 Å². The molecule has 0 bridgehead atoms. The van der Waals surface area contributed by atoms with Crippen molar-refractivity contribution >= 4 is 12.0 Å². The topological polar surface area (TPSA) is 59.3 Å². The van der Waals surface area contributed by atoms with Gasteiger partial charge in [-0.25, -0.2) is 4.79 Å². The third kappa shape index (κ3) is 3.33. The number of methoxy groups -OCH3 is 2. The molecule has 0 aromatic heterocycles. The molecule has 0 atom stereocenters. The second kappa shape index (κ2) is 7.09. The molecule has 22 heavy (non-hydrogen) atoms. The van der Waals surface area contributed by atoms with Crippen LogP contribution in [0.15, 0.2) is 48.5 Å². The molecule has 2 rings (SSSR count). The summed E-state index contributed by atoms with van der Waals surface area (Å²) >= 11 is 0. The maximum Gasteiger partial charge on any atom is 0.330 e. The Morgan fingerprint density at radius 1 is 1.14 bits per heavy atom. The summed E-state index contributed by atoms with van der Waals surface area (Å²) in [6, 6.07) is 15.0. The molecule has 0 aliphatic rings. The highest BCUT2D eigenvalue weighted by atomic mass is 16.5. The van der Waals surface area contributed by atoms with Gasteiger partial charge in [0.05, 0.1) is 25.9 Å². The highest BCUT2D eigenvalue weighted by molar-refractivity contribution is 5.90. The zero-order valence-electron chi connectivity index (χ0n) is 12.4. The molecule has 0 spiro atoms. The van der Waals surface area contributed by atoms with E-state index in [0.717, 1.165) is 16.7 Å². The Balaban J connectivity index is 2.52. The minimum atomic E-state index is -0.434. The largest absolute Gasteiger partial charge is 0.496 e. The van der Waals surface area contributed by atoms with Gasteiger partial charge in [-0.3, -0.25) is 0 Å². The van der Waals surface area contributed by atoms with Gasteiger partial charge in [0.1, 0.15) is 5.75 Å². The summed E-state index contributed by atoms with van der Waals surface area (Å²) in [6.45, 7) is 0. The first-order valence-electron chi connectivity index (χ1n) is 6.63. The third-order valence-electron chi connectivity index (χ3n) is 3.20. The van der Waals surface area contributed by atoms with Crippen LogP contribution in [0, 0.1) is 11.3 Å². The number of esters is 1. The Morgan fingerprint density at radius 3 is 2.45 bits per heavy atom. The van der Waals surface area contributed by atoms with Crippen LogP contribution in [-0.2, 0) is 9.53 Å². The van der Waals surface area contributed by atoms with Gasteiger partial charge in [0.15, 0.2) is 0 Å². The molecule has 0 amide bonds. The molecule has 4 nitrogen and oxygen atoms in total. The van der Waals surface area contributed by atoms with Crippen LogP contribution in [0.4, 0.5) is 0 Å². The van der Waals surface area contributed by atoms with Crippen molar-refractivity contribution in [2.75, 3.05) is 14.2 Å². The molecular formula is C18H15NO3. The Kier molecular flexibility index (Phi) is 4.94. The molecule has 0 aliphatic carbocycles. The number of nitrogens with zero attached hydrogens (tertiary/aromatic N) is 1. The van der Waals surface area contributed by atoms with Gasteiger partial charge in [0, 0.05) is 11.6 Å². The van der Waals surface area contributed by atoms with Gasteiger partial charge in [0.2, 0.25) is 0 Å². The van der Waals surface area contributed by atoms with Gasteiger partial charge >= 0.3 is 5.97 Å². The van der Waals surface area contributed by atoms with Crippen molar-refractivity contribution in [1.29, 1.82) is 5.26 Å². The molecular weight excluding hydrogens is 278 g/mol. The summed E-state index contributed by atoms with van der Waals surface area (Å²) in [6.07, 6.45) is 3.02. The van der Waals surface area contributed by atoms with Crippen LogP contribution in [-0.4, -0.2) is 20.2 Å². The van der Waals surface area contributed by atoms with Gasteiger partial charge in [0.25, 0.3) is 0 Å². The Hall–Kier alpha value is -3.06. The molecule has 0 saturated carbocycles. The summed E-state index contributed by atoms with van der Waals surface area (Å²) in [5, 5.41) is 8.88. The lowest BCUT2D eigenvalue weighted by atomic mass is 9.97. The molecule has 2 aromatic carbocycles. The summed E-state index contributed by atoms with van der Waals surface area (Å²) in [5.74, 6) is 0.221. The maximum atomic E-state index is 11.3. The number of ether oxygens (including phenoxy) is 2. The smallest absolute Gasteiger partial charge is 0.330 e. The summed E-state index contributed by atoms with van der Waals surface area (Å²) in [4.78, 5) is 11.3. The quantitative estimate of drug-likeness (QED) is 0.640. The first-order valence-corrected chi connectivity index (χ1v) is 6.63. The van der Waals surface area contributed by atoms with E-state index in [0.29, 0.717) is 11.3 Å². The van der Waals surface area contributed by atoms with Crippen LogP contribution in [0.5, 0.6) is 5.75 Å². The van der Waals surface area contributed by atoms with Crippen molar-refractivity contribution in [3.05, 3.63) is 59.7 Å². The summed E-state index contributed by atoms with van der Waals surface area (Å²) < 4.78 is 9.98. The molecule has 4 heteroatoms. The lowest BCUT2D eigenvalue weighted by Gasteiger charge is -2.11. The second-order valence-electron chi connectivity index (χ2n) is 4.47. The van der Waals surface area contributed by atoms with Gasteiger partial charge in [-0.05, 0) is 35.4 Å². The number of hydrogen-bond acceptors (Lipinski definition) is 4. The Labute approximate surface area is 129 Å². The SMILES string of the molecule is COC(=O)/C=C/c1c(OC)cccc1-c1ccc(C#N)cc1. The van der Waals surface area contributed by atoms with Crippen molar-refractivity contribution < 1.29 is 14.3 Å². The van der Waals surface area contributed by atoms with E-state index in [-0.39, 0.29) is 0 Å². The number of benzene rings is 2. The fourth-order valence-electron chi connectivity index (χ4n) is 2.09. The van der Waals surface area contributed by atoms with Crippen LogP contribution in [0.25, 0.3) is 17.2 Å². The van der Waals surface area contributed by atoms with Crippen LogP contribution in [0.2, 0.25) is 0 Å². The average molecular weight is 293 g/mol. The number of carbonyl (C=O) groups excluding carboxylic acids is 1. The lowest BCUT2D eigenvalue weighted by molar-refractivity contribution is -0.134. The van der Waals surface area contributed by atoms with Crippen molar-refractivity contribution in [1.82, 2.24) is 0 Å². The first kappa shape index (κ1) is 15.3. The van der Waals surface area contributed by atoms with Crippen molar-refractivity contribution in [2.45, 2.75) is 0 Å². The molecule has 0 N–H and O–H groups in total. The van der Waals surface area contributed by atoms with E-state index in [9.17, 15) is 4.79 Å². The van der Waals surface area contributed by atoms with Gasteiger partial charge in [-0.2, -0.15) is 5.26 Å². The van der Waals surface area contributed by atoms with Crippen LogP contribution in [0.3, 0.4) is 0 Å². The molecule has 0 radical (unpaired) electrons. The minimum Gasteiger partial charge on any atom is -0.496 e. The van der Waals surface area contributed by atoms with Crippen molar-refractivity contribution in [2.24, 2.45) is 0 Å². The predicted molar refractivity (Wildman–Crippen MR) is 84.2 cm³/mol. The van der Waals surface area contributed by atoms with Crippen LogP contribution >= 0.6 is 0 Å². The summed E-state index contributed by atoms with van der Waals surface area (Å²) in [5.41, 5.74) is 3.21. The zero-order valence-corrected chi connectivity index (χ0v) is 12.4. The van der Waals surface area contributed by atoms with Crippen molar-refractivity contribution in [3.8, 4) is 22.9 Å². The number of carbonyl (C=O) groups is 1. The predicted octanol–water partition coefficient (Wildman–Crippen LogP) is 3.42. The molecule has 0 fully saturated rings. The normalized spacial score (nSPS) is 10.2. The van der Waals surface area contributed by atoms with E-state index in [1.54, 1.807) is 25.3 Å². The highest BCUT2D eigenvalue weighted by Crippen LogP contribution is 2.32. The van der Waals surface area contributed by atoms with E-state index < -0.39 is 5.97 Å². The highest BCUT2D eigenvalue weighted by Gasteiger charge is 2.09. The number of rotatable bonds is 4. The molecule has 110 valence electrons. The monoisotopic (exact) mass is 293 g/mol. The standard InChI is InChI=1S/C18H15NO3/c1-21-17-5-3-4-15(16(17)10-11-18(20)22-2)14-8-6-13(12-19)7-9-14/h3-11H,1-2H3/b11-10+. The van der Waals surface area contributed by atoms with E-state index in [1.165, 1.54) is 13.2 Å². The van der Waals surface area contributed by atoms with E-state index in [1.807, 2.05) is 30.3 Å². The molecule has 0 heterocycles. The van der Waals surface area contributed by atoms with Gasteiger partial charge < -0.3 is 9.47 Å². The number of hydrogen-bond donors (Lipinski definition) is 0. The fraction of sp³-hybridized carbons (Fsp3) is 0.111.